The van der Waals surface area contributed by atoms with Crippen molar-refractivity contribution in [2.45, 2.75) is 24.4 Å². The zero-order valence-corrected chi connectivity index (χ0v) is 11.6. The number of nitrogens with zero attached hydrogens (tertiary/aromatic N) is 6. The highest BCUT2D eigenvalue weighted by atomic mass is 32.2. The lowest BCUT2D eigenvalue weighted by Gasteiger charge is -2.03. The maximum atomic E-state index is 4.93. The molecule has 0 aliphatic heterocycles. The van der Waals surface area contributed by atoms with Crippen LogP contribution in [-0.4, -0.2) is 30.3 Å². The minimum absolute atomic E-state index is 0.560. The average Bonchev–Trinajstić information content (AvgIpc) is 3.07. The topological polar surface area (TPSA) is 82.5 Å². The van der Waals surface area contributed by atoms with Crippen molar-refractivity contribution in [3.63, 3.8) is 0 Å². The lowest BCUT2D eigenvalue weighted by molar-refractivity contribution is 0.389. The Balaban J connectivity index is 1.67. The number of benzene rings is 1. The summed E-state index contributed by atoms with van der Waals surface area (Å²) in [5.74, 6) is 1.78. The van der Waals surface area contributed by atoms with Crippen LogP contribution in [0.3, 0.4) is 0 Å². The zero-order valence-electron chi connectivity index (χ0n) is 10.8. The van der Waals surface area contributed by atoms with E-state index in [-0.39, 0.29) is 0 Å². The van der Waals surface area contributed by atoms with E-state index in [2.05, 4.69) is 25.7 Å². The van der Waals surface area contributed by atoms with Gasteiger partial charge < -0.3 is 4.52 Å². The summed E-state index contributed by atoms with van der Waals surface area (Å²) in [4.78, 5) is 4.15. The zero-order chi connectivity index (χ0) is 13.8. The molecule has 1 aromatic carbocycles. The lowest BCUT2D eigenvalue weighted by atomic mass is 10.2. The lowest BCUT2D eigenvalue weighted by Crippen LogP contribution is -2.03. The van der Waals surface area contributed by atoms with E-state index in [1.54, 1.807) is 11.6 Å². The molecular weight excluding hydrogens is 276 g/mol. The van der Waals surface area contributed by atoms with E-state index in [0.29, 0.717) is 24.0 Å². The van der Waals surface area contributed by atoms with Gasteiger partial charge in [-0.3, -0.25) is 0 Å². The molecule has 0 unspecified atom stereocenters. The number of hydrogen-bond acceptors (Lipinski definition) is 7. The van der Waals surface area contributed by atoms with Crippen molar-refractivity contribution in [1.82, 2.24) is 30.3 Å². The van der Waals surface area contributed by atoms with E-state index >= 15 is 0 Å². The van der Waals surface area contributed by atoms with Gasteiger partial charge in [-0.15, -0.1) is 5.10 Å². The quantitative estimate of drug-likeness (QED) is 0.661. The smallest absolute Gasteiger partial charge is 0.223 e. The molecule has 7 nitrogen and oxygen atoms in total. The summed E-state index contributed by atoms with van der Waals surface area (Å²) in [5.41, 5.74) is 1.15. The van der Waals surface area contributed by atoms with Gasteiger partial charge >= 0.3 is 0 Å². The van der Waals surface area contributed by atoms with E-state index < -0.39 is 0 Å². The van der Waals surface area contributed by atoms with Crippen molar-refractivity contribution in [3.8, 4) is 0 Å². The molecule has 0 radical (unpaired) electrons. The van der Waals surface area contributed by atoms with Crippen LogP contribution >= 0.6 is 11.8 Å². The first-order valence-electron chi connectivity index (χ1n) is 6.03. The average molecular weight is 288 g/mol. The van der Waals surface area contributed by atoms with Crippen LogP contribution in [0.1, 0.15) is 17.3 Å². The predicted octanol–water partition coefficient (Wildman–Crippen LogP) is 1.71. The van der Waals surface area contributed by atoms with Crippen LogP contribution < -0.4 is 0 Å². The fourth-order valence-corrected chi connectivity index (χ4v) is 2.40. The van der Waals surface area contributed by atoms with E-state index in [0.717, 1.165) is 10.7 Å². The molecule has 3 rings (SSSR count). The van der Waals surface area contributed by atoms with Gasteiger partial charge in [0.05, 0.1) is 12.3 Å². The van der Waals surface area contributed by atoms with E-state index in [1.165, 1.54) is 11.8 Å². The first kappa shape index (κ1) is 12.8. The van der Waals surface area contributed by atoms with Crippen molar-refractivity contribution >= 4 is 11.8 Å². The van der Waals surface area contributed by atoms with Gasteiger partial charge in [-0.1, -0.05) is 47.3 Å². The van der Waals surface area contributed by atoms with Gasteiger partial charge in [0.1, 0.15) is 0 Å². The Bertz CT molecular complexity index is 680. The summed E-state index contributed by atoms with van der Waals surface area (Å²) >= 11 is 1.48. The Morgan fingerprint density at radius 1 is 1.25 bits per heavy atom. The molecule has 2 heterocycles. The van der Waals surface area contributed by atoms with Crippen LogP contribution in [0.4, 0.5) is 0 Å². The SMILES string of the molecule is Cc1nc(CSc2nnnn2Cc2ccccc2)no1. The molecule has 0 N–H and O–H groups in total. The highest BCUT2D eigenvalue weighted by Crippen LogP contribution is 2.19. The summed E-state index contributed by atoms with van der Waals surface area (Å²) in [6, 6.07) is 10.1. The monoisotopic (exact) mass is 288 g/mol. The Hall–Kier alpha value is -2.22. The van der Waals surface area contributed by atoms with E-state index in [9.17, 15) is 0 Å². The van der Waals surface area contributed by atoms with E-state index in [4.69, 9.17) is 4.52 Å². The second kappa shape index (κ2) is 5.83. The van der Waals surface area contributed by atoms with Crippen molar-refractivity contribution in [1.29, 1.82) is 0 Å². The third-order valence-corrected chi connectivity index (χ3v) is 3.53. The molecule has 0 aliphatic rings. The fourth-order valence-electron chi connectivity index (χ4n) is 1.68. The Morgan fingerprint density at radius 2 is 2.10 bits per heavy atom. The third-order valence-electron chi connectivity index (χ3n) is 2.57. The highest BCUT2D eigenvalue weighted by Gasteiger charge is 2.10. The maximum absolute atomic E-state index is 4.93. The van der Waals surface area contributed by atoms with Gasteiger partial charge in [-0.25, -0.2) is 4.68 Å². The maximum Gasteiger partial charge on any atom is 0.223 e. The van der Waals surface area contributed by atoms with Gasteiger partial charge in [-0.05, 0) is 16.0 Å². The van der Waals surface area contributed by atoms with Crippen molar-refractivity contribution in [3.05, 3.63) is 47.6 Å². The molecule has 0 saturated carbocycles. The van der Waals surface area contributed by atoms with Crippen LogP contribution in [0.5, 0.6) is 0 Å². The summed E-state index contributed by atoms with van der Waals surface area (Å²) in [6.07, 6.45) is 0. The molecule has 102 valence electrons. The Morgan fingerprint density at radius 3 is 2.85 bits per heavy atom. The van der Waals surface area contributed by atoms with Crippen LogP contribution in [0.2, 0.25) is 0 Å². The molecular formula is C12H12N6OS. The number of rotatable bonds is 5. The summed E-state index contributed by atoms with van der Waals surface area (Å²) in [7, 11) is 0. The number of aromatic nitrogens is 6. The molecule has 20 heavy (non-hydrogen) atoms. The van der Waals surface area contributed by atoms with Crippen LogP contribution in [-0.2, 0) is 12.3 Å². The van der Waals surface area contributed by atoms with Crippen molar-refractivity contribution < 1.29 is 4.52 Å². The third kappa shape index (κ3) is 3.02. The second-order valence-electron chi connectivity index (χ2n) is 4.12. The molecule has 0 fully saturated rings. The number of hydrogen-bond donors (Lipinski definition) is 0. The van der Waals surface area contributed by atoms with Gasteiger partial charge in [0.25, 0.3) is 0 Å². The summed E-state index contributed by atoms with van der Waals surface area (Å²) in [5, 5.41) is 16.3. The molecule has 2 aromatic heterocycles. The molecule has 0 atom stereocenters. The summed E-state index contributed by atoms with van der Waals surface area (Å²) in [6.45, 7) is 2.40. The first-order chi connectivity index (χ1) is 9.81. The van der Waals surface area contributed by atoms with Gasteiger partial charge in [0.15, 0.2) is 5.82 Å². The molecule has 8 heteroatoms. The van der Waals surface area contributed by atoms with Gasteiger partial charge in [-0.2, -0.15) is 4.98 Å². The normalized spacial score (nSPS) is 10.8. The molecule has 0 amide bonds. The predicted molar refractivity (Wildman–Crippen MR) is 72.0 cm³/mol. The largest absolute Gasteiger partial charge is 0.340 e. The second-order valence-corrected chi connectivity index (χ2v) is 5.07. The van der Waals surface area contributed by atoms with Crippen LogP contribution in [0.15, 0.2) is 40.0 Å². The number of tetrazole rings is 1. The minimum atomic E-state index is 0.560. The van der Waals surface area contributed by atoms with Crippen molar-refractivity contribution in [2.24, 2.45) is 0 Å². The Labute approximate surface area is 119 Å². The molecule has 0 bridgehead atoms. The highest BCUT2D eigenvalue weighted by molar-refractivity contribution is 7.98. The van der Waals surface area contributed by atoms with Gasteiger partial charge in [0, 0.05) is 6.92 Å². The Kier molecular flexibility index (Phi) is 3.73. The van der Waals surface area contributed by atoms with Gasteiger partial charge in [0.2, 0.25) is 11.0 Å². The standard InChI is InChI=1S/C12H12N6OS/c1-9-13-11(15-19-9)8-20-12-14-16-17-18(12)7-10-5-3-2-4-6-10/h2-6H,7-8H2,1H3. The number of aryl methyl sites for hydroxylation is 1. The summed E-state index contributed by atoms with van der Waals surface area (Å²) < 4.78 is 6.68. The molecule has 0 aliphatic carbocycles. The van der Waals surface area contributed by atoms with Crippen LogP contribution in [0.25, 0.3) is 0 Å². The minimum Gasteiger partial charge on any atom is -0.340 e. The van der Waals surface area contributed by atoms with Crippen molar-refractivity contribution in [2.75, 3.05) is 0 Å². The molecule has 3 aromatic rings. The number of thioether (sulfide) groups is 1. The molecule has 0 spiro atoms. The van der Waals surface area contributed by atoms with Crippen LogP contribution in [0, 0.1) is 6.92 Å². The first-order valence-corrected chi connectivity index (χ1v) is 7.02. The van der Waals surface area contributed by atoms with E-state index in [1.807, 2.05) is 30.3 Å². The molecule has 0 saturated heterocycles. The fraction of sp³-hybridized carbons (Fsp3) is 0.250.